The van der Waals surface area contributed by atoms with Crippen LogP contribution in [0.5, 0.6) is 5.75 Å². The minimum Gasteiger partial charge on any atom is -0.489 e. The number of rotatable bonds is 9. The molecule has 0 saturated carbocycles. The van der Waals surface area contributed by atoms with Gasteiger partial charge < -0.3 is 15.2 Å². The minimum absolute atomic E-state index is 0.0247. The van der Waals surface area contributed by atoms with E-state index >= 15 is 0 Å². The Labute approximate surface area is 165 Å². The van der Waals surface area contributed by atoms with Crippen molar-refractivity contribution in [3.8, 4) is 5.75 Å². The minimum atomic E-state index is -0.731. The summed E-state index contributed by atoms with van der Waals surface area (Å²) in [7, 11) is 0. The summed E-state index contributed by atoms with van der Waals surface area (Å²) in [5, 5.41) is 11.6. The lowest BCUT2D eigenvalue weighted by Gasteiger charge is -2.16. The molecule has 1 heterocycles. The Morgan fingerprint density at radius 2 is 1.89 bits per heavy atom. The van der Waals surface area contributed by atoms with Gasteiger partial charge in [-0.1, -0.05) is 24.6 Å². The summed E-state index contributed by atoms with van der Waals surface area (Å²) >= 11 is 0. The van der Waals surface area contributed by atoms with Crippen molar-refractivity contribution < 1.29 is 19.4 Å². The molecule has 0 fully saturated rings. The Balaban J connectivity index is 1.55. The van der Waals surface area contributed by atoms with Gasteiger partial charge in [0.2, 0.25) is 5.91 Å². The van der Waals surface area contributed by atoms with Crippen LogP contribution < -0.4 is 10.1 Å². The molecule has 148 valence electrons. The Hall–Kier alpha value is -2.82. The van der Waals surface area contributed by atoms with E-state index in [2.05, 4.69) is 11.4 Å². The molecule has 1 aliphatic heterocycles. The van der Waals surface area contributed by atoms with Crippen molar-refractivity contribution in [1.29, 1.82) is 0 Å². The summed E-state index contributed by atoms with van der Waals surface area (Å²) in [5.41, 5.74) is 3.59. The van der Waals surface area contributed by atoms with Gasteiger partial charge in [0.15, 0.2) is 0 Å². The quantitative estimate of drug-likeness (QED) is 0.618. The van der Waals surface area contributed by atoms with Gasteiger partial charge >= 0.3 is 5.97 Å². The van der Waals surface area contributed by atoms with Gasteiger partial charge in [-0.3, -0.25) is 9.59 Å². The van der Waals surface area contributed by atoms with Crippen LogP contribution in [0.1, 0.15) is 56.2 Å². The number of carbonyl (C=O) groups excluding carboxylic acids is 1. The second-order valence-electron chi connectivity index (χ2n) is 7.85. The third kappa shape index (κ3) is 4.71. The lowest BCUT2D eigenvalue weighted by Crippen LogP contribution is -2.26. The standard InChI is InChI=1S/C23H27NO4/c1-23(2)19-14-17(11-12-20(19)24-22(23)27)15-28-18-9-6-8-16(13-18)7-4-3-5-10-21(25)26/h6,8-9,11-14H,3-5,7,10,15H2,1-2H3,(H,24,27)(H,25,26). The molecule has 2 aromatic carbocycles. The van der Waals surface area contributed by atoms with Crippen LogP contribution in [0.2, 0.25) is 0 Å². The molecule has 28 heavy (non-hydrogen) atoms. The number of carboxylic acid groups (broad SMARTS) is 1. The van der Waals surface area contributed by atoms with E-state index < -0.39 is 11.4 Å². The fraction of sp³-hybridized carbons (Fsp3) is 0.391. The fourth-order valence-corrected chi connectivity index (χ4v) is 3.45. The number of aryl methyl sites for hydroxylation is 1. The van der Waals surface area contributed by atoms with Crippen LogP contribution in [-0.4, -0.2) is 17.0 Å². The Morgan fingerprint density at radius 1 is 1.07 bits per heavy atom. The van der Waals surface area contributed by atoms with Crippen molar-refractivity contribution in [1.82, 2.24) is 0 Å². The molecule has 0 aromatic heterocycles. The molecule has 3 rings (SSSR count). The van der Waals surface area contributed by atoms with Crippen molar-refractivity contribution >= 4 is 17.6 Å². The Morgan fingerprint density at radius 3 is 2.68 bits per heavy atom. The predicted octanol–water partition coefficient (Wildman–Crippen LogP) is 4.68. The normalized spacial score (nSPS) is 14.4. The molecule has 2 N–H and O–H groups in total. The van der Waals surface area contributed by atoms with E-state index in [0.717, 1.165) is 48.2 Å². The maximum atomic E-state index is 12.1. The highest BCUT2D eigenvalue weighted by molar-refractivity contribution is 6.05. The van der Waals surface area contributed by atoms with Gasteiger partial charge in [-0.15, -0.1) is 0 Å². The topological polar surface area (TPSA) is 75.6 Å². The molecule has 2 aromatic rings. The summed E-state index contributed by atoms with van der Waals surface area (Å²) in [4.78, 5) is 22.6. The van der Waals surface area contributed by atoms with Gasteiger partial charge in [-0.25, -0.2) is 0 Å². The molecule has 0 radical (unpaired) electrons. The molecular formula is C23H27NO4. The SMILES string of the molecule is CC1(C)C(=O)Nc2ccc(COc3cccc(CCCCCC(=O)O)c3)cc21. The van der Waals surface area contributed by atoms with E-state index in [9.17, 15) is 9.59 Å². The molecule has 1 amide bonds. The van der Waals surface area contributed by atoms with Gasteiger partial charge in [0, 0.05) is 12.1 Å². The summed E-state index contributed by atoms with van der Waals surface area (Å²) in [5.74, 6) is 0.110. The highest BCUT2D eigenvalue weighted by Gasteiger charge is 2.38. The first-order valence-corrected chi connectivity index (χ1v) is 9.74. The average molecular weight is 381 g/mol. The molecule has 1 aliphatic rings. The second-order valence-corrected chi connectivity index (χ2v) is 7.85. The zero-order valence-corrected chi connectivity index (χ0v) is 16.5. The van der Waals surface area contributed by atoms with E-state index in [1.807, 2.05) is 50.2 Å². The van der Waals surface area contributed by atoms with E-state index in [4.69, 9.17) is 9.84 Å². The molecule has 5 heteroatoms. The first-order valence-electron chi connectivity index (χ1n) is 9.74. The average Bonchev–Trinajstić information content (AvgIpc) is 2.89. The highest BCUT2D eigenvalue weighted by Crippen LogP contribution is 2.37. The van der Waals surface area contributed by atoms with Crippen LogP contribution >= 0.6 is 0 Å². The number of unbranched alkanes of at least 4 members (excludes halogenated alkanes) is 2. The number of ether oxygens (including phenoxy) is 1. The number of carbonyl (C=O) groups is 2. The van der Waals surface area contributed by atoms with Crippen molar-refractivity contribution in [2.45, 2.75) is 58.0 Å². The van der Waals surface area contributed by atoms with Crippen molar-refractivity contribution in [3.05, 3.63) is 59.2 Å². The molecule has 0 atom stereocenters. The Bertz CT molecular complexity index is 873. The zero-order valence-electron chi connectivity index (χ0n) is 16.5. The summed E-state index contributed by atoms with van der Waals surface area (Å²) < 4.78 is 5.96. The number of fused-ring (bicyclic) bond motifs is 1. The van der Waals surface area contributed by atoms with Crippen LogP contribution in [0.4, 0.5) is 5.69 Å². The van der Waals surface area contributed by atoms with Crippen LogP contribution in [0, 0.1) is 0 Å². The smallest absolute Gasteiger partial charge is 0.303 e. The number of anilines is 1. The van der Waals surface area contributed by atoms with E-state index in [0.29, 0.717) is 6.61 Å². The second kappa shape index (κ2) is 8.46. The van der Waals surface area contributed by atoms with Crippen LogP contribution in [-0.2, 0) is 28.0 Å². The zero-order chi connectivity index (χ0) is 20.1. The molecule has 0 spiro atoms. The monoisotopic (exact) mass is 381 g/mol. The lowest BCUT2D eigenvalue weighted by atomic mass is 9.85. The lowest BCUT2D eigenvalue weighted by molar-refractivity contribution is -0.137. The summed E-state index contributed by atoms with van der Waals surface area (Å²) in [6.45, 7) is 4.30. The van der Waals surface area contributed by atoms with E-state index in [1.165, 1.54) is 5.56 Å². The van der Waals surface area contributed by atoms with Crippen LogP contribution in [0.15, 0.2) is 42.5 Å². The maximum Gasteiger partial charge on any atom is 0.303 e. The third-order valence-electron chi connectivity index (χ3n) is 5.23. The number of benzene rings is 2. The molecule has 0 unspecified atom stereocenters. The number of aliphatic carboxylic acids is 1. The molecule has 5 nitrogen and oxygen atoms in total. The first kappa shape index (κ1) is 19.9. The third-order valence-corrected chi connectivity index (χ3v) is 5.23. The van der Waals surface area contributed by atoms with Gasteiger partial charge in [0.05, 0.1) is 5.41 Å². The number of hydrogen-bond acceptors (Lipinski definition) is 3. The maximum absolute atomic E-state index is 12.1. The van der Waals surface area contributed by atoms with E-state index in [1.54, 1.807) is 0 Å². The Kier molecular flexibility index (Phi) is 6.02. The number of hydrogen-bond donors (Lipinski definition) is 2. The van der Waals surface area contributed by atoms with Crippen molar-refractivity contribution in [3.63, 3.8) is 0 Å². The summed E-state index contributed by atoms with van der Waals surface area (Å²) in [6.07, 6.45) is 3.75. The van der Waals surface area contributed by atoms with Crippen molar-refractivity contribution in [2.75, 3.05) is 5.32 Å². The van der Waals surface area contributed by atoms with Crippen molar-refractivity contribution in [2.24, 2.45) is 0 Å². The fourth-order valence-electron chi connectivity index (χ4n) is 3.45. The van der Waals surface area contributed by atoms with Gasteiger partial charge in [0.1, 0.15) is 12.4 Å². The van der Waals surface area contributed by atoms with Crippen LogP contribution in [0.25, 0.3) is 0 Å². The first-order chi connectivity index (χ1) is 13.4. The number of amides is 1. The molecule has 0 saturated heterocycles. The van der Waals surface area contributed by atoms with Crippen LogP contribution in [0.3, 0.4) is 0 Å². The predicted molar refractivity (Wildman–Crippen MR) is 109 cm³/mol. The van der Waals surface area contributed by atoms with Gasteiger partial charge in [-0.05, 0) is 74.1 Å². The number of carboxylic acids is 1. The number of nitrogens with one attached hydrogen (secondary N) is 1. The van der Waals surface area contributed by atoms with E-state index in [-0.39, 0.29) is 12.3 Å². The molecule has 0 aliphatic carbocycles. The summed E-state index contributed by atoms with van der Waals surface area (Å²) in [6, 6.07) is 14.0. The highest BCUT2D eigenvalue weighted by atomic mass is 16.5. The molecular weight excluding hydrogens is 354 g/mol. The largest absolute Gasteiger partial charge is 0.489 e. The van der Waals surface area contributed by atoms with Gasteiger partial charge in [-0.2, -0.15) is 0 Å². The van der Waals surface area contributed by atoms with Gasteiger partial charge in [0.25, 0.3) is 0 Å². The molecule has 0 bridgehead atoms.